The number of hydrogen-bond donors (Lipinski definition) is 6. The van der Waals surface area contributed by atoms with Crippen LogP contribution in [0.3, 0.4) is 0 Å². The van der Waals surface area contributed by atoms with Crippen LogP contribution in [0.5, 0.6) is 0 Å². The molecule has 1 aliphatic heterocycles. The van der Waals surface area contributed by atoms with Crippen molar-refractivity contribution >= 4 is 5.91 Å². The Hall–Kier alpha value is -1.59. The summed E-state index contributed by atoms with van der Waals surface area (Å²) in [5.74, 6) is -0.194. The van der Waals surface area contributed by atoms with Gasteiger partial charge in [0, 0.05) is 6.42 Å². The molecule has 1 heterocycles. The second-order valence-corrected chi connectivity index (χ2v) is 17.2. The monoisotopic (exact) mass is 836 g/mol. The van der Waals surface area contributed by atoms with Gasteiger partial charge in [0.1, 0.15) is 24.4 Å². The summed E-state index contributed by atoms with van der Waals surface area (Å²) in [6.45, 7) is 3.76. The fourth-order valence-corrected chi connectivity index (χ4v) is 7.70. The largest absolute Gasteiger partial charge is 0.394 e. The SMILES string of the molecule is CCCCCCCCCCC/C=C\CCCCCCCC(=O)NC(COC1OC(CO)C(O)C(O)C1O)C(O)/C=C/CC/C=C/CCCCCCCCCCCCCC. The minimum absolute atomic E-state index is 0.194. The molecule has 0 aromatic carbocycles. The van der Waals surface area contributed by atoms with E-state index in [0.29, 0.717) is 6.42 Å². The number of aliphatic hydroxyl groups excluding tert-OH is 5. The van der Waals surface area contributed by atoms with Crippen LogP contribution in [0.4, 0.5) is 0 Å². The number of carbonyl (C=O) groups excluding carboxylic acids is 1. The standard InChI is InChI=1S/C50H93NO8/c1-3-5-7-9-11-13-15-17-19-21-23-25-27-29-31-33-35-37-39-44(53)43(42-58-50-49(57)48(56)47(55)45(41-52)59-50)51-46(54)40-38-36-34-32-30-28-26-24-22-20-18-16-14-12-10-8-6-4-2/h24,26,29,31,37,39,43-45,47-50,52-53,55-57H,3-23,25,27-28,30,32-36,38,40-42H2,1-2H3,(H,51,54)/b26-24-,31-29+,39-37+. The number of unbranched alkanes of at least 4 members (excludes halogenated alkanes) is 27. The van der Waals surface area contributed by atoms with Crippen molar-refractivity contribution in [2.45, 2.75) is 262 Å². The Labute approximate surface area is 361 Å². The number of amides is 1. The Kier molecular flexibility index (Phi) is 38.0. The molecular weight excluding hydrogens is 743 g/mol. The van der Waals surface area contributed by atoms with E-state index in [1.165, 1.54) is 141 Å². The molecule has 1 aliphatic rings. The summed E-state index contributed by atoms with van der Waals surface area (Å²) in [5.41, 5.74) is 0. The molecule has 0 radical (unpaired) electrons. The first kappa shape index (κ1) is 55.4. The molecule has 0 spiro atoms. The Morgan fingerprint density at radius 3 is 1.42 bits per heavy atom. The van der Waals surface area contributed by atoms with E-state index in [1.807, 2.05) is 6.08 Å². The lowest BCUT2D eigenvalue weighted by Crippen LogP contribution is -2.60. The summed E-state index contributed by atoms with van der Waals surface area (Å²) in [7, 11) is 0. The van der Waals surface area contributed by atoms with Crippen molar-refractivity contribution in [3.8, 4) is 0 Å². The van der Waals surface area contributed by atoms with Crippen molar-refractivity contribution in [1.29, 1.82) is 0 Å². The average Bonchev–Trinajstić information content (AvgIpc) is 3.23. The second-order valence-electron chi connectivity index (χ2n) is 17.2. The van der Waals surface area contributed by atoms with Crippen LogP contribution in [-0.2, 0) is 14.3 Å². The van der Waals surface area contributed by atoms with Gasteiger partial charge in [-0.25, -0.2) is 0 Å². The lowest BCUT2D eigenvalue weighted by molar-refractivity contribution is -0.302. The minimum atomic E-state index is -1.57. The molecule has 1 rings (SSSR count). The van der Waals surface area contributed by atoms with Gasteiger partial charge in [0.05, 0.1) is 25.4 Å². The van der Waals surface area contributed by atoms with Crippen LogP contribution in [0.1, 0.15) is 219 Å². The van der Waals surface area contributed by atoms with Gasteiger partial charge in [0.25, 0.3) is 0 Å². The molecule has 59 heavy (non-hydrogen) atoms. The van der Waals surface area contributed by atoms with E-state index in [0.717, 1.165) is 57.8 Å². The first-order chi connectivity index (χ1) is 28.8. The predicted octanol–water partition coefficient (Wildman–Crippen LogP) is 10.8. The van der Waals surface area contributed by atoms with E-state index >= 15 is 0 Å². The second kappa shape index (κ2) is 40.5. The van der Waals surface area contributed by atoms with Gasteiger partial charge < -0.3 is 40.3 Å². The summed E-state index contributed by atoms with van der Waals surface area (Å²) in [6.07, 6.45) is 43.3. The molecule has 0 aromatic rings. The molecule has 346 valence electrons. The maximum Gasteiger partial charge on any atom is 0.220 e. The predicted molar refractivity (Wildman–Crippen MR) is 244 cm³/mol. The molecule has 1 saturated heterocycles. The molecule has 0 bridgehead atoms. The summed E-state index contributed by atoms with van der Waals surface area (Å²) in [5, 5.41) is 54.2. The first-order valence-electron chi connectivity index (χ1n) is 24.7. The maximum atomic E-state index is 13.0. The van der Waals surface area contributed by atoms with E-state index < -0.39 is 49.5 Å². The van der Waals surface area contributed by atoms with Crippen LogP contribution >= 0.6 is 0 Å². The lowest BCUT2D eigenvalue weighted by Gasteiger charge is -2.40. The highest BCUT2D eigenvalue weighted by Crippen LogP contribution is 2.22. The Morgan fingerprint density at radius 1 is 0.559 bits per heavy atom. The molecule has 7 atom stereocenters. The summed E-state index contributed by atoms with van der Waals surface area (Å²) in [6, 6.07) is -0.824. The van der Waals surface area contributed by atoms with E-state index in [1.54, 1.807) is 6.08 Å². The topological polar surface area (TPSA) is 149 Å². The molecule has 0 saturated carbocycles. The zero-order valence-corrected chi connectivity index (χ0v) is 38.0. The quantitative estimate of drug-likeness (QED) is 0.0263. The Balaban J connectivity index is 2.35. The molecule has 9 nitrogen and oxygen atoms in total. The molecule has 1 fully saturated rings. The van der Waals surface area contributed by atoms with Gasteiger partial charge >= 0.3 is 0 Å². The fourth-order valence-electron chi connectivity index (χ4n) is 7.70. The van der Waals surface area contributed by atoms with Crippen LogP contribution in [0, 0.1) is 0 Å². The first-order valence-corrected chi connectivity index (χ1v) is 24.7. The fraction of sp³-hybridized carbons (Fsp3) is 0.860. The number of carbonyl (C=O) groups is 1. The van der Waals surface area contributed by atoms with Crippen LogP contribution in [0.15, 0.2) is 36.5 Å². The Bertz CT molecular complexity index is 1020. The van der Waals surface area contributed by atoms with Gasteiger partial charge in [0.15, 0.2) is 6.29 Å². The number of hydrogen-bond acceptors (Lipinski definition) is 8. The van der Waals surface area contributed by atoms with Gasteiger partial charge in [-0.3, -0.25) is 4.79 Å². The zero-order chi connectivity index (χ0) is 43.0. The third kappa shape index (κ3) is 31.0. The maximum absolute atomic E-state index is 13.0. The van der Waals surface area contributed by atoms with Crippen molar-refractivity contribution in [3.05, 3.63) is 36.5 Å². The van der Waals surface area contributed by atoms with Crippen LogP contribution in [0.25, 0.3) is 0 Å². The van der Waals surface area contributed by atoms with Crippen molar-refractivity contribution in [2.75, 3.05) is 13.2 Å². The molecule has 0 aromatic heterocycles. The average molecular weight is 836 g/mol. The molecular formula is C50H93NO8. The van der Waals surface area contributed by atoms with Gasteiger partial charge in [0.2, 0.25) is 5.91 Å². The molecule has 6 N–H and O–H groups in total. The molecule has 1 amide bonds. The van der Waals surface area contributed by atoms with E-state index in [9.17, 15) is 30.3 Å². The molecule has 7 unspecified atom stereocenters. The third-order valence-electron chi connectivity index (χ3n) is 11.7. The lowest BCUT2D eigenvalue weighted by atomic mass is 9.99. The van der Waals surface area contributed by atoms with E-state index in [4.69, 9.17) is 9.47 Å². The van der Waals surface area contributed by atoms with Crippen LogP contribution < -0.4 is 5.32 Å². The number of ether oxygens (including phenoxy) is 2. The molecule has 9 heteroatoms. The third-order valence-corrected chi connectivity index (χ3v) is 11.7. The number of allylic oxidation sites excluding steroid dienone is 5. The zero-order valence-electron chi connectivity index (χ0n) is 38.0. The highest BCUT2D eigenvalue weighted by molar-refractivity contribution is 5.76. The Morgan fingerprint density at radius 2 is 0.966 bits per heavy atom. The summed E-state index contributed by atoms with van der Waals surface area (Å²) < 4.78 is 11.2. The van der Waals surface area contributed by atoms with Crippen molar-refractivity contribution in [3.63, 3.8) is 0 Å². The van der Waals surface area contributed by atoms with E-state index in [2.05, 4.69) is 43.5 Å². The van der Waals surface area contributed by atoms with Crippen LogP contribution in [0.2, 0.25) is 0 Å². The van der Waals surface area contributed by atoms with Gasteiger partial charge in [-0.05, 0) is 57.8 Å². The van der Waals surface area contributed by atoms with Gasteiger partial charge in [-0.15, -0.1) is 0 Å². The van der Waals surface area contributed by atoms with Gasteiger partial charge in [-0.2, -0.15) is 0 Å². The van der Waals surface area contributed by atoms with Crippen molar-refractivity contribution < 1.29 is 39.8 Å². The highest BCUT2D eigenvalue weighted by atomic mass is 16.7. The molecule has 0 aliphatic carbocycles. The number of rotatable bonds is 41. The van der Waals surface area contributed by atoms with Crippen LogP contribution in [-0.4, -0.2) is 87.5 Å². The minimum Gasteiger partial charge on any atom is -0.394 e. The summed E-state index contributed by atoms with van der Waals surface area (Å²) >= 11 is 0. The van der Waals surface area contributed by atoms with Gasteiger partial charge in [-0.1, -0.05) is 192 Å². The highest BCUT2D eigenvalue weighted by Gasteiger charge is 2.44. The van der Waals surface area contributed by atoms with Crippen molar-refractivity contribution in [1.82, 2.24) is 5.32 Å². The van der Waals surface area contributed by atoms with Crippen molar-refractivity contribution in [2.24, 2.45) is 0 Å². The van der Waals surface area contributed by atoms with E-state index in [-0.39, 0.29) is 12.5 Å². The number of nitrogens with one attached hydrogen (secondary N) is 1. The normalized spacial score (nSPS) is 21.0. The number of aliphatic hydroxyl groups is 5. The smallest absolute Gasteiger partial charge is 0.220 e. The summed E-state index contributed by atoms with van der Waals surface area (Å²) in [4.78, 5) is 13.0.